The SMILES string of the molecule is CCOC(=O)C(Cc1cc(OC)ccc1[N+](=O)[O-])C(=O)OCC. The summed E-state index contributed by atoms with van der Waals surface area (Å²) in [6.07, 6.45) is -0.203. The lowest BCUT2D eigenvalue weighted by atomic mass is 9.98. The van der Waals surface area contributed by atoms with Crippen molar-refractivity contribution in [3.63, 3.8) is 0 Å². The van der Waals surface area contributed by atoms with Gasteiger partial charge in [-0.2, -0.15) is 0 Å². The van der Waals surface area contributed by atoms with Crippen LogP contribution in [0.15, 0.2) is 18.2 Å². The molecule has 8 heteroatoms. The Kier molecular flexibility index (Phi) is 6.98. The van der Waals surface area contributed by atoms with E-state index in [9.17, 15) is 19.7 Å². The van der Waals surface area contributed by atoms with Gasteiger partial charge in [-0.05, 0) is 26.0 Å². The zero-order valence-corrected chi connectivity index (χ0v) is 13.2. The molecule has 8 nitrogen and oxygen atoms in total. The van der Waals surface area contributed by atoms with Crippen molar-refractivity contribution in [2.75, 3.05) is 20.3 Å². The number of hydrogen-bond acceptors (Lipinski definition) is 7. The number of nitro benzene ring substituents is 1. The molecule has 0 fully saturated rings. The molecule has 0 aliphatic heterocycles. The van der Waals surface area contributed by atoms with Crippen molar-refractivity contribution in [2.24, 2.45) is 5.92 Å². The molecule has 0 N–H and O–H groups in total. The van der Waals surface area contributed by atoms with Gasteiger partial charge < -0.3 is 14.2 Å². The fraction of sp³-hybridized carbons (Fsp3) is 0.467. The van der Waals surface area contributed by atoms with Gasteiger partial charge in [0.25, 0.3) is 5.69 Å². The summed E-state index contributed by atoms with van der Waals surface area (Å²) in [6.45, 7) is 3.39. The third-order valence-electron chi connectivity index (χ3n) is 3.05. The van der Waals surface area contributed by atoms with E-state index < -0.39 is 22.8 Å². The molecular weight excluding hydrogens is 306 g/mol. The van der Waals surface area contributed by atoms with Gasteiger partial charge in [0, 0.05) is 18.1 Å². The fourth-order valence-corrected chi connectivity index (χ4v) is 2.00. The minimum Gasteiger partial charge on any atom is -0.497 e. The molecule has 0 heterocycles. The zero-order chi connectivity index (χ0) is 17.4. The topological polar surface area (TPSA) is 105 Å². The van der Waals surface area contributed by atoms with Gasteiger partial charge in [-0.15, -0.1) is 0 Å². The Labute approximate surface area is 133 Å². The lowest BCUT2D eigenvalue weighted by Crippen LogP contribution is -2.30. The Morgan fingerprint density at radius 1 is 1.17 bits per heavy atom. The number of carbonyl (C=O) groups is 2. The molecule has 23 heavy (non-hydrogen) atoms. The first kappa shape index (κ1) is 18.4. The summed E-state index contributed by atoms with van der Waals surface area (Å²) in [6, 6.07) is 4.12. The molecule has 1 aromatic rings. The molecule has 1 rings (SSSR count). The van der Waals surface area contributed by atoms with E-state index in [1.54, 1.807) is 13.8 Å². The summed E-state index contributed by atoms with van der Waals surface area (Å²) in [5, 5.41) is 11.1. The van der Waals surface area contributed by atoms with Crippen LogP contribution >= 0.6 is 0 Å². The first-order valence-corrected chi connectivity index (χ1v) is 7.09. The summed E-state index contributed by atoms with van der Waals surface area (Å²) < 4.78 is 14.8. The second kappa shape index (κ2) is 8.72. The molecule has 0 saturated carbocycles. The number of methoxy groups -OCH3 is 1. The van der Waals surface area contributed by atoms with E-state index in [-0.39, 0.29) is 30.9 Å². The second-order valence-electron chi connectivity index (χ2n) is 4.51. The van der Waals surface area contributed by atoms with Crippen molar-refractivity contribution < 1.29 is 28.7 Å². The number of esters is 2. The number of benzene rings is 1. The molecular formula is C15H19NO7. The predicted octanol–water partition coefficient (Wildman–Crippen LogP) is 1.89. The van der Waals surface area contributed by atoms with Gasteiger partial charge in [0.05, 0.1) is 25.2 Å². The molecule has 0 atom stereocenters. The average Bonchev–Trinajstić information content (AvgIpc) is 2.52. The van der Waals surface area contributed by atoms with Crippen LogP contribution in [0.25, 0.3) is 0 Å². The standard InChI is InChI=1S/C15H19NO7/c1-4-22-14(17)12(15(18)23-5-2)9-10-8-11(21-3)6-7-13(10)16(19)20/h6-8,12H,4-5,9H2,1-3H3. The van der Waals surface area contributed by atoms with E-state index in [1.165, 1.54) is 25.3 Å². The van der Waals surface area contributed by atoms with Crippen molar-refractivity contribution in [3.8, 4) is 5.75 Å². The highest BCUT2D eigenvalue weighted by molar-refractivity contribution is 5.95. The summed E-state index contributed by atoms with van der Waals surface area (Å²) in [5.74, 6) is -2.43. The number of hydrogen-bond donors (Lipinski definition) is 0. The largest absolute Gasteiger partial charge is 0.497 e. The van der Waals surface area contributed by atoms with E-state index in [4.69, 9.17) is 14.2 Å². The van der Waals surface area contributed by atoms with Gasteiger partial charge in [-0.1, -0.05) is 0 Å². The maximum atomic E-state index is 12.0. The van der Waals surface area contributed by atoms with Gasteiger partial charge in [0.15, 0.2) is 5.92 Å². The van der Waals surface area contributed by atoms with Gasteiger partial charge in [-0.3, -0.25) is 19.7 Å². The van der Waals surface area contributed by atoms with Crippen LogP contribution in [0.4, 0.5) is 5.69 Å². The van der Waals surface area contributed by atoms with E-state index >= 15 is 0 Å². The van der Waals surface area contributed by atoms with Crippen LogP contribution in [-0.2, 0) is 25.5 Å². The summed E-state index contributed by atoms with van der Waals surface area (Å²) in [4.78, 5) is 34.5. The molecule has 0 saturated heterocycles. The highest BCUT2D eigenvalue weighted by Gasteiger charge is 2.32. The van der Waals surface area contributed by atoms with Crippen molar-refractivity contribution in [3.05, 3.63) is 33.9 Å². The van der Waals surface area contributed by atoms with E-state index in [1.807, 2.05) is 0 Å². The van der Waals surface area contributed by atoms with Crippen molar-refractivity contribution in [1.82, 2.24) is 0 Å². The van der Waals surface area contributed by atoms with E-state index in [0.29, 0.717) is 5.75 Å². The highest BCUT2D eigenvalue weighted by Crippen LogP contribution is 2.27. The summed E-state index contributed by atoms with van der Waals surface area (Å²) in [7, 11) is 1.42. The quantitative estimate of drug-likeness (QED) is 0.311. The second-order valence-corrected chi connectivity index (χ2v) is 4.51. The molecule has 0 bridgehead atoms. The molecule has 0 aromatic heterocycles. The molecule has 0 unspecified atom stereocenters. The third kappa shape index (κ3) is 4.94. The summed E-state index contributed by atoms with van der Waals surface area (Å²) >= 11 is 0. The van der Waals surface area contributed by atoms with Gasteiger partial charge >= 0.3 is 11.9 Å². The number of ether oxygens (including phenoxy) is 3. The predicted molar refractivity (Wildman–Crippen MR) is 80.1 cm³/mol. The Balaban J connectivity index is 3.17. The van der Waals surface area contributed by atoms with Crippen molar-refractivity contribution in [1.29, 1.82) is 0 Å². The molecule has 0 amide bonds. The molecule has 126 valence electrons. The lowest BCUT2D eigenvalue weighted by Gasteiger charge is -2.15. The maximum absolute atomic E-state index is 12.0. The van der Waals surface area contributed by atoms with Crippen LogP contribution in [0, 0.1) is 16.0 Å². The van der Waals surface area contributed by atoms with Gasteiger partial charge in [0.1, 0.15) is 5.75 Å². The molecule has 1 aromatic carbocycles. The third-order valence-corrected chi connectivity index (χ3v) is 3.05. The first-order chi connectivity index (χ1) is 10.9. The number of rotatable bonds is 8. The zero-order valence-electron chi connectivity index (χ0n) is 13.2. The molecule has 0 radical (unpaired) electrons. The van der Waals surface area contributed by atoms with Crippen LogP contribution in [-0.4, -0.2) is 37.2 Å². The number of nitrogens with zero attached hydrogens (tertiary/aromatic N) is 1. The first-order valence-electron chi connectivity index (χ1n) is 7.09. The number of nitro groups is 1. The summed E-state index contributed by atoms with van der Waals surface area (Å²) in [5.41, 5.74) is -0.00940. The molecule has 0 aliphatic carbocycles. The van der Waals surface area contributed by atoms with Crippen LogP contribution in [0.5, 0.6) is 5.75 Å². The minimum absolute atomic E-state index is 0.0922. The normalized spacial score (nSPS) is 10.3. The Morgan fingerprint density at radius 3 is 2.17 bits per heavy atom. The van der Waals surface area contributed by atoms with Gasteiger partial charge in [0.2, 0.25) is 0 Å². The minimum atomic E-state index is -1.26. The average molecular weight is 325 g/mol. The monoisotopic (exact) mass is 325 g/mol. The van der Waals surface area contributed by atoms with Crippen LogP contribution in [0.1, 0.15) is 19.4 Å². The van der Waals surface area contributed by atoms with E-state index in [0.717, 1.165) is 0 Å². The fourth-order valence-electron chi connectivity index (χ4n) is 2.00. The Hall–Kier alpha value is -2.64. The smallest absolute Gasteiger partial charge is 0.320 e. The van der Waals surface area contributed by atoms with Crippen molar-refractivity contribution >= 4 is 17.6 Å². The van der Waals surface area contributed by atoms with Gasteiger partial charge in [-0.25, -0.2) is 0 Å². The Morgan fingerprint density at radius 2 is 1.74 bits per heavy atom. The molecule has 0 spiro atoms. The molecule has 0 aliphatic rings. The highest BCUT2D eigenvalue weighted by atomic mass is 16.6. The van der Waals surface area contributed by atoms with Crippen LogP contribution in [0.3, 0.4) is 0 Å². The Bertz CT molecular complexity index is 567. The van der Waals surface area contributed by atoms with Crippen molar-refractivity contribution in [2.45, 2.75) is 20.3 Å². The maximum Gasteiger partial charge on any atom is 0.320 e. The van der Waals surface area contributed by atoms with Crippen LogP contribution < -0.4 is 4.74 Å². The van der Waals surface area contributed by atoms with Crippen LogP contribution in [0.2, 0.25) is 0 Å². The van der Waals surface area contributed by atoms with E-state index in [2.05, 4.69) is 0 Å². The lowest BCUT2D eigenvalue weighted by molar-refractivity contribution is -0.385. The number of carbonyl (C=O) groups excluding carboxylic acids is 2.